The van der Waals surface area contributed by atoms with Gasteiger partial charge >= 0.3 is 12.1 Å². The predicted octanol–water partition coefficient (Wildman–Crippen LogP) is 3.07. The third kappa shape index (κ3) is 3.88. The minimum absolute atomic E-state index is 0.0312. The first-order valence-electron chi connectivity index (χ1n) is 9.52. The van der Waals surface area contributed by atoms with Crippen LogP contribution in [-0.4, -0.2) is 49.7 Å². The fraction of sp³-hybridized carbons (Fsp3) is 0.333. The van der Waals surface area contributed by atoms with Gasteiger partial charge in [0.1, 0.15) is 11.9 Å². The highest BCUT2D eigenvalue weighted by Gasteiger charge is 2.26. The Balaban J connectivity index is 1.31. The number of likely N-dealkylation sites (N-methyl/N-ethyl adjacent to an activating group) is 1. The predicted molar refractivity (Wildman–Crippen MR) is 108 cm³/mol. The highest BCUT2D eigenvalue weighted by Crippen LogP contribution is 2.27. The van der Waals surface area contributed by atoms with Crippen LogP contribution in [0.2, 0.25) is 0 Å². The van der Waals surface area contributed by atoms with E-state index in [0.717, 1.165) is 24.3 Å². The van der Waals surface area contributed by atoms with Crippen LogP contribution in [0.4, 0.5) is 21.0 Å². The number of hydrogen-bond acceptors (Lipinski definition) is 3. The lowest BCUT2D eigenvalue weighted by molar-refractivity contribution is 0.171. The maximum Gasteiger partial charge on any atom is 0.324 e. The molecule has 2 aliphatic heterocycles. The van der Waals surface area contributed by atoms with Crippen LogP contribution in [0.25, 0.3) is 0 Å². The lowest BCUT2D eigenvalue weighted by atomic mass is 10.0. The van der Waals surface area contributed by atoms with Crippen molar-refractivity contribution in [1.82, 2.24) is 10.2 Å². The Labute approximate surface area is 164 Å². The number of benzene rings is 2. The van der Waals surface area contributed by atoms with Gasteiger partial charge in [0.05, 0.1) is 6.54 Å². The molecule has 0 radical (unpaired) electrons. The van der Waals surface area contributed by atoms with E-state index in [1.54, 1.807) is 22.9 Å². The summed E-state index contributed by atoms with van der Waals surface area (Å²) in [6, 6.07) is 15.0. The van der Waals surface area contributed by atoms with Gasteiger partial charge in [-0.05, 0) is 42.7 Å². The summed E-state index contributed by atoms with van der Waals surface area (Å²) in [7, 11) is 1.78. The van der Waals surface area contributed by atoms with Crippen molar-refractivity contribution in [3.8, 4) is 5.75 Å². The monoisotopic (exact) mass is 380 g/mol. The van der Waals surface area contributed by atoms with Gasteiger partial charge in [0.15, 0.2) is 0 Å². The van der Waals surface area contributed by atoms with E-state index in [1.807, 2.05) is 36.4 Å². The SMILES string of the molecule is CN1CCN(c2cccc(NC(=O)NC[C@H]3CCc4ccccc4O3)c2)C1=O. The number of urea groups is 2. The molecule has 0 aliphatic carbocycles. The van der Waals surface area contributed by atoms with E-state index >= 15 is 0 Å². The number of anilines is 2. The number of nitrogens with zero attached hydrogens (tertiary/aromatic N) is 2. The smallest absolute Gasteiger partial charge is 0.324 e. The van der Waals surface area contributed by atoms with Gasteiger partial charge in [-0.2, -0.15) is 0 Å². The van der Waals surface area contributed by atoms with E-state index in [2.05, 4.69) is 16.7 Å². The normalized spacial score (nSPS) is 18.5. The number of rotatable bonds is 4. The quantitative estimate of drug-likeness (QED) is 0.856. The Bertz CT molecular complexity index is 885. The van der Waals surface area contributed by atoms with E-state index < -0.39 is 0 Å². The number of ether oxygens (including phenoxy) is 1. The molecule has 7 heteroatoms. The van der Waals surface area contributed by atoms with Crippen LogP contribution in [0.3, 0.4) is 0 Å². The van der Waals surface area contributed by atoms with E-state index in [0.29, 0.717) is 25.3 Å². The molecule has 1 atom stereocenters. The summed E-state index contributed by atoms with van der Waals surface area (Å²) in [4.78, 5) is 27.8. The van der Waals surface area contributed by atoms with Crippen LogP contribution in [-0.2, 0) is 6.42 Å². The van der Waals surface area contributed by atoms with E-state index in [-0.39, 0.29) is 18.2 Å². The first kappa shape index (κ1) is 18.2. The van der Waals surface area contributed by atoms with Crippen molar-refractivity contribution < 1.29 is 14.3 Å². The molecule has 2 aromatic rings. The molecule has 1 saturated heterocycles. The maximum absolute atomic E-state index is 12.3. The lowest BCUT2D eigenvalue weighted by Gasteiger charge is -2.26. The van der Waals surface area contributed by atoms with E-state index in [1.165, 1.54) is 5.56 Å². The van der Waals surface area contributed by atoms with Crippen LogP contribution in [0.5, 0.6) is 5.75 Å². The molecule has 2 heterocycles. The summed E-state index contributed by atoms with van der Waals surface area (Å²) in [6.45, 7) is 1.78. The van der Waals surface area contributed by atoms with Gasteiger partial charge in [0, 0.05) is 31.5 Å². The molecule has 0 bridgehead atoms. The van der Waals surface area contributed by atoms with Gasteiger partial charge in [0.25, 0.3) is 0 Å². The molecule has 1 fully saturated rings. The van der Waals surface area contributed by atoms with Gasteiger partial charge in [-0.25, -0.2) is 9.59 Å². The third-order valence-corrected chi connectivity index (χ3v) is 5.12. The number of fused-ring (bicyclic) bond motifs is 1. The van der Waals surface area contributed by atoms with Crippen molar-refractivity contribution >= 4 is 23.4 Å². The Morgan fingerprint density at radius 3 is 2.86 bits per heavy atom. The largest absolute Gasteiger partial charge is 0.488 e. The van der Waals surface area contributed by atoms with E-state index in [9.17, 15) is 9.59 Å². The van der Waals surface area contributed by atoms with Crippen molar-refractivity contribution in [3.05, 3.63) is 54.1 Å². The zero-order valence-electron chi connectivity index (χ0n) is 15.9. The summed E-state index contributed by atoms with van der Waals surface area (Å²) < 4.78 is 5.95. The van der Waals surface area contributed by atoms with Crippen LogP contribution >= 0.6 is 0 Å². The maximum atomic E-state index is 12.3. The van der Waals surface area contributed by atoms with Crippen LogP contribution in [0.15, 0.2) is 48.5 Å². The highest BCUT2D eigenvalue weighted by molar-refractivity contribution is 5.95. The van der Waals surface area contributed by atoms with Crippen molar-refractivity contribution in [1.29, 1.82) is 0 Å². The molecule has 4 amide bonds. The van der Waals surface area contributed by atoms with Crippen molar-refractivity contribution in [3.63, 3.8) is 0 Å². The Morgan fingerprint density at radius 1 is 1.18 bits per heavy atom. The van der Waals surface area contributed by atoms with Gasteiger partial charge in [-0.15, -0.1) is 0 Å². The average molecular weight is 380 g/mol. The highest BCUT2D eigenvalue weighted by atomic mass is 16.5. The second-order valence-corrected chi connectivity index (χ2v) is 7.13. The zero-order valence-corrected chi connectivity index (χ0v) is 15.9. The van der Waals surface area contributed by atoms with Gasteiger partial charge in [-0.3, -0.25) is 4.90 Å². The van der Waals surface area contributed by atoms with Crippen molar-refractivity contribution in [2.45, 2.75) is 18.9 Å². The molecule has 146 valence electrons. The molecule has 2 aliphatic rings. The van der Waals surface area contributed by atoms with Crippen LogP contribution in [0.1, 0.15) is 12.0 Å². The summed E-state index contributed by atoms with van der Waals surface area (Å²) in [5.41, 5.74) is 2.63. The Morgan fingerprint density at radius 2 is 2.04 bits per heavy atom. The van der Waals surface area contributed by atoms with Crippen LogP contribution in [0, 0.1) is 0 Å². The second kappa shape index (κ2) is 7.80. The average Bonchev–Trinajstić information content (AvgIpc) is 3.05. The summed E-state index contributed by atoms with van der Waals surface area (Å²) in [6.07, 6.45) is 1.78. The first-order valence-corrected chi connectivity index (χ1v) is 9.52. The lowest BCUT2D eigenvalue weighted by Crippen LogP contribution is -2.39. The number of hydrogen-bond donors (Lipinski definition) is 2. The number of aryl methyl sites for hydroxylation is 1. The molecular weight excluding hydrogens is 356 g/mol. The molecule has 0 unspecified atom stereocenters. The fourth-order valence-electron chi connectivity index (χ4n) is 3.54. The summed E-state index contributed by atoms with van der Waals surface area (Å²) in [5, 5.41) is 5.71. The molecule has 0 spiro atoms. The minimum Gasteiger partial charge on any atom is -0.488 e. The Kier molecular flexibility index (Phi) is 5.06. The topological polar surface area (TPSA) is 73.9 Å². The van der Waals surface area contributed by atoms with Gasteiger partial charge < -0.3 is 20.3 Å². The number of amides is 4. The third-order valence-electron chi connectivity index (χ3n) is 5.12. The second-order valence-electron chi connectivity index (χ2n) is 7.13. The molecule has 0 saturated carbocycles. The van der Waals surface area contributed by atoms with Gasteiger partial charge in [0.2, 0.25) is 0 Å². The molecule has 2 N–H and O–H groups in total. The van der Waals surface area contributed by atoms with Gasteiger partial charge in [-0.1, -0.05) is 24.3 Å². The first-order chi connectivity index (χ1) is 13.6. The molecule has 4 rings (SSSR count). The number of para-hydroxylation sites is 1. The molecule has 0 aromatic heterocycles. The zero-order chi connectivity index (χ0) is 19.5. The van der Waals surface area contributed by atoms with E-state index in [4.69, 9.17) is 4.74 Å². The molecular formula is C21H24N4O3. The summed E-state index contributed by atoms with van der Waals surface area (Å²) in [5.74, 6) is 0.897. The Hall–Kier alpha value is -3.22. The molecule has 2 aromatic carbocycles. The van der Waals surface area contributed by atoms with Crippen molar-refractivity contribution in [2.75, 3.05) is 36.9 Å². The number of carbonyl (C=O) groups excluding carboxylic acids is 2. The molecule has 7 nitrogen and oxygen atoms in total. The van der Waals surface area contributed by atoms with Crippen LogP contribution < -0.4 is 20.3 Å². The molecule has 28 heavy (non-hydrogen) atoms. The number of carbonyl (C=O) groups is 2. The van der Waals surface area contributed by atoms with Crippen molar-refractivity contribution in [2.24, 2.45) is 0 Å². The number of nitrogens with one attached hydrogen (secondary N) is 2. The fourth-order valence-corrected chi connectivity index (χ4v) is 3.54. The summed E-state index contributed by atoms with van der Waals surface area (Å²) >= 11 is 0. The minimum atomic E-state index is -0.288. The standard InChI is InChI=1S/C21H24N4O3/c1-24-11-12-25(21(24)27)17-7-4-6-16(13-17)23-20(26)22-14-18-10-9-15-5-2-3-8-19(15)28-18/h2-8,13,18H,9-12,14H2,1H3,(H2,22,23,26)/t18-/m1/s1.